The number of aromatic nitrogens is 4. The molecule has 1 amide bonds. The number of hydrogen-bond donors (Lipinski definition) is 4. The minimum Gasteiger partial charge on any atom is -0.480 e. The van der Waals surface area contributed by atoms with Crippen LogP contribution in [0.5, 0.6) is 0 Å². The molecule has 10 nitrogen and oxygen atoms in total. The maximum Gasteiger partial charge on any atom is 0.326 e. The second kappa shape index (κ2) is 9.88. The molecule has 3 aromatic heterocycles. The monoisotopic (exact) mass is 535 g/mol. The molecule has 4 N–H and O–H groups in total. The minimum absolute atomic E-state index is 0.0217. The number of carboxylic acid groups (broad SMARTS) is 1. The number of benzene rings is 2. The zero-order valence-electron chi connectivity index (χ0n) is 18.9. The molecular formula is C25H18ClN5O5S. The predicted octanol–water partition coefficient (Wildman–Crippen LogP) is 3.21. The molecule has 0 aliphatic rings. The molecule has 0 radical (unpaired) electrons. The summed E-state index contributed by atoms with van der Waals surface area (Å²) in [6.07, 6.45) is 0.821. The first kappa shape index (κ1) is 24.2. The van der Waals surface area contributed by atoms with Crippen LogP contribution in [0.3, 0.4) is 0 Å². The van der Waals surface area contributed by atoms with Crippen LogP contribution in [-0.2, 0) is 11.2 Å². The van der Waals surface area contributed by atoms with Gasteiger partial charge in [0.15, 0.2) is 0 Å². The number of amides is 1. The number of aromatic amines is 2. The van der Waals surface area contributed by atoms with E-state index < -0.39 is 29.2 Å². The molecule has 0 spiro atoms. The van der Waals surface area contributed by atoms with Crippen LogP contribution in [0, 0.1) is 0 Å². The molecule has 0 fully saturated rings. The normalized spacial score (nSPS) is 11.9. The van der Waals surface area contributed by atoms with Crippen LogP contribution in [0.4, 0.5) is 0 Å². The van der Waals surface area contributed by atoms with Gasteiger partial charge in [-0.15, -0.1) is 11.3 Å². The van der Waals surface area contributed by atoms with E-state index in [1.165, 1.54) is 0 Å². The molecule has 3 heterocycles. The Kier molecular flexibility index (Phi) is 6.47. The number of carbonyl (C=O) groups is 2. The molecule has 0 aliphatic carbocycles. The van der Waals surface area contributed by atoms with Crippen LogP contribution in [0.2, 0.25) is 5.02 Å². The van der Waals surface area contributed by atoms with Crippen molar-refractivity contribution in [3.8, 4) is 16.9 Å². The average molecular weight is 536 g/mol. The number of carbonyl (C=O) groups excluding carboxylic acids is 1. The minimum atomic E-state index is -1.40. The molecule has 1 atom stereocenters. The Balaban J connectivity index is 1.52. The van der Waals surface area contributed by atoms with Gasteiger partial charge in [0.1, 0.15) is 16.6 Å². The van der Waals surface area contributed by atoms with Crippen molar-refractivity contribution >= 4 is 45.0 Å². The molecule has 37 heavy (non-hydrogen) atoms. The highest BCUT2D eigenvalue weighted by atomic mass is 35.5. The van der Waals surface area contributed by atoms with Gasteiger partial charge in [0.2, 0.25) is 0 Å². The summed E-state index contributed by atoms with van der Waals surface area (Å²) in [4.78, 5) is 53.6. The summed E-state index contributed by atoms with van der Waals surface area (Å²) in [6, 6.07) is 16.9. The summed E-state index contributed by atoms with van der Waals surface area (Å²) in [5.74, 6) is -1.94. The van der Waals surface area contributed by atoms with Crippen molar-refractivity contribution in [3.05, 3.63) is 103 Å². The molecule has 5 rings (SSSR count). The maximum absolute atomic E-state index is 13.1. The standard InChI is InChI=1S/C25H18ClN5O5S/c26-15-6-8-16(9-7-15)31-23-17(20(30-31)13-4-2-1-3-5-13)11-19(37-23)22(33)28-18(24(34)35)10-14-12-27-25(36)29-21(14)32/h1-9,11-12,18H,10H2,(H,28,33)(H,34,35)(H2,27,29,32,36). The zero-order chi connectivity index (χ0) is 26.1. The molecule has 0 saturated carbocycles. The number of halogens is 1. The maximum atomic E-state index is 13.1. The smallest absolute Gasteiger partial charge is 0.326 e. The quantitative estimate of drug-likeness (QED) is 0.251. The van der Waals surface area contributed by atoms with Gasteiger partial charge < -0.3 is 15.4 Å². The van der Waals surface area contributed by atoms with E-state index in [9.17, 15) is 24.3 Å². The Bertz CT molecular complexity index is 1740. The molecule has 0 bridgehead atoms. The lowest BCUT2D eigenvalue weighted by molar-refractivity contribution is -0.139. The molecule has 12 heteroatoms. The fourth-order valence-electron chi connectivity index (χ4n) is 3.82. The Labute approximate surface area is 217 Å². The van der Waals surface area contributed by atoms with Gasteiger partial charge in [-0.25, -0.2) is 14.3 Å². The van der Waals surface area contributed by atoms with Gasteiger partial charge in [0, 0.05) is 34.2 Å². The number of aliphatic carboxylic acids is 1. The first-order valence-electron chi connectivity index (χ1n) is 11.0. The fraction of sp³-hybridized carbons (Fsp3) is 0.0800. The Morgan fingerprint density at radius 1 is 1.11 bits per heavy atom. The largest absolute Gasteiger partial charge is 0.480 e. The first-order chi connectivity index (χ1) is 17.8. The highest BCUT2D eigenvalue weighted by Gasteiger charge is 2.25. The summed E-state index contributed by atoms with van der Waals surface area (Å²) in [5.41, 5.74) is 0.848. The third-order valence-corrected chi connectivity index (χ3v) is 6.99. The van der Waals surface area contributed by atoms with Gasteiger partial charge in [-0.05, 0) is 30.3 Å². The van der Waals surface area contributed by atoms with Gasteiger partial charge in [0.25, 0.3) is 11.5 Å². The van der Waals surface area contributed by atoms with Gasteiger partial charge in [-0.3, -0.25) is 14.6 Å². The average Bonchev–Trinajstić information content (AvgIpc) is 3.46. The molecule has 186 valence electrons. The predicted molar refractivity (Wildman–Crippen MR) is 140 cm³/mol. The lowest BCUT2D eigenvalue weighted by Crippen LogP contribution is -2.43. The third-order valence-electron chi connectivity index (χ3n) is 5.63. The van der Waals surface area contributed by atoms with Gasteiger partial charge in [0.05, 0.1) is 10.6 Å². The SMILES string of the molecule is O=C(NC(Cc1c[nH]c(=O)[nH]c1=O)C(=O)O)c1cc2c(-c3ccccc3)nn(-c3ccc(Cl)cc3)c2s1. The molecule has 0 saturated heterocycles. The lowest BCUT2D eigenvalue weighted by Gasteiger charge is -2.13. The van der Waals surface area contributed by atoms with Crippen LogP contribution in [-0.4, -0.2) is 42.8 Å². The van der Waals surface area contributed by atoms with E-state index in [1.807, 2.05) is 47.4 Å². The van der Waals surface area contributed by atoms with E-state index in [0.29, 0.717) is 15.5 Å². The summed E-state index contributed by atoms with van der Waals surface area (Å²) in [5, 5.41) is 18.2. The number of thiophene rings is 1. The topological polar surface area (TPSA) is 150 Å². The van der Waals surface area contributed by atoms with E-state index >= 15 is 0 Å². The molecule has 0 aliphatic heterocycles. The number of rotatable bonds is 7. The van der Waals surface area contributed by atoms with E-state index in [2.05, 4.69) is 10.3 Å². The van der Waals surface area contributed by atoms with Crippen molar-refractivity contribution in [2.45, 2.75) is 12.5 Å². The Hall–Kier alpha value is -4.48. The highest BCUT2D eigenvalue weighted by Crippen LogP contribution is 2.35. The van der Waals surface area contributed by atoms with Crippen molar-refractivity contribution in [2.24, 2.45) is 0 Å². The molecule has 5 aromatic rings. The van der Waals surface area contributed by atoms with Crippen molar-refractivity contribution in [1.29, 1.82) is 0 Å². The zero-order valence-corrected chi connectivity index (χ0v) is 20.5. The second-order valence-electron chi connectivity index (χ2n) is 8.10. The molecule has 2 aromatic carbocycles. The fourth-order valence-corrected chi connectivity index (χ4v) is 4.99. The lowest BCUT2D eigenvalue weighted by atomic mass is 10.1. The summed E-state index contributed by atoms with van der Waals surface area (Å²) < 4.78 is 1.71. The van der Waals surface area contributed by atoms with Crippen LogP contribution < -0.4 is 16.6 Å². The van der Waals surface area contributed by atoms with Gasteiger partial charge in [-0.1, -0.05) is 41.9 Å². The van der Waals surface area contributed by atoms with Crippen molar-refractivity contribution in [1.82, 2.24) is 25.1 Å². The van der Waals surface area contributed by atoms with Crippen LogP contribution in [0.25, 0.3) is 27.2 Å². The Morgan fingerprint density at radius 3 is 2.51 bits per heavy atom. The summed E-state index contributed by atoms with van der Waals surface area (Å²) in [7, 11) is 0. The van der Waals surface area contributed by atoms with E-state index in [0.717, 1.165) is 34.2 Å². The Morgan fingerprint density at radius 2 is 1.84 bits per heavy atom. The van der Waals surface area contributed by atoms with E-state index in [1.54, 1.807) is 22.9 Å². The number of carboxylic acids is 1. The molecular weight excluding hydrogens is 518 g/mol. The third kappa shape index (κ3) is 4.95. The number of nitrogens with one attached hydrogen (secondary N) is 3. The first-order valence-corrected chi connectivity index (χ1v) is 12.2. The summed E-state index contributed by atoms with van der Waals surface area (Å²) in [6.45, 7) is 0. The van der Waals surface area contributed by atoms with E-state index in [-0.39, 0.29) is 16.9 Å². The highest BCUT2D eigenvalue weighted by molar-refractivity contribution is 7.20. The second-order valence-corrected chi connectivity index (χ2v) is 9.56. The van der Waals surface area contributed by atoms with E-state index in [4.69, 9.17) is 16.7 Å². The van der Waals surface area contributed by atoms with Crippen LogP contribution in [0.15, 0.2) is 76.4 Å². The summed E-state index contributed by atoms with van der Waals surface area (Å²) >= 11 is 7.21. The van der Waals surface area contributed by atoms with Gasteiger partial charge in [-0.2, -0.15) is 5.10 Å². The number of fused-ring (bicyclic) bond motifs is 1. The van der Waals surface area contributed by atoms with Crippen LogP contribution >= 0.6 is 22.9 Å². The molecule has 1 unspecified atom stereocenters. The number of nitrogens with zero attached hydrogens (tertiary/aromatic N) is 2. The van der Waals surface area contributed by atoms with Crippen molar-refractivity contribution < 1.29 is 14.7 Å². The van der Waals surface area contributed by atoms with Crippen LogP contribution in [0.1, 0.15) is 15.2 Å². The van der Waals surface area contributed by atoms with Crippen molar-refractivity contribution in [2.75, 3.05) is 0 Å². The number of hydrogen-bond acceptors (Lipinski definition) is 6. The van der Waals surface area contributed by atoms with Gasteiger partial charge >= 0.3 is 11.7 Å². The number of H-pyrrole nitrogens is 2. The van der Waals surface area contributed by atoms with Crippen molar-refractivity contribution in [3.63, 3.8) is 0 Å².